The van der Waals surface area contributed by atoms with Crippen LogP contribution in [0.3, 0.4) is 0 Å². The number of hydrogen-bond acceptors (Lipinski definition) is 5. The molecule has 2 amide bonds. The van der Waals surface area contributed by atoms with E-state index in [1.165, 1.54) is 50.6 Å². The van der Waals surface area contributed by atoms with E-state index in [4.69, 9.17) is 9.47 Å². The monoisotopic (exact) mass is 420 g/mol. The first-order valence-corrected chi connectivity index (χ1v) is 8.63. The summed E-state index contributed by atoms with van der Waals surface area (Å²) < 4.78 is 54.1. The Morgan fingerprint density at radius 3 is 2.37 bits per heavy atom. The maximum Gasteiger partial charge on any atom is 0.440 e. The van der Waals surface area contributed by atoms with Gasteiger partial charge in [-0.3, -0.25) is 19.5 Å². The molecule has 1 aliphatic heterocycles. The van der Waals surface area contributed by atoms with E-state index in [1.54, 1.807) is 6.07 Å². The summed E-state index contributed by atoms with van der Waals surface area (Å²) in [6.45, 7) is 0. The van der Waals surface area contributed by atoms with Gasteiger partial charge in [-0.05, 0) is 12.1 Å². The molecular formula is C19H15F3N4O4. The molecule has 0 aliphatic carbocycles. The maximum atomic E-state index is 14.4. The number of methoxy groups -OCH3 is 2. The van der Waals surface area contributed by atoms with Gasteiger partial charge in [0.15, 0.2) is 11.5 Å². The zero-order chi connectivity index (χ0) is 21.7. The summed E-state index contributed by atoms with van der Waals surface area (Å²) in [6.07, 6.45) is -5.19. The van der Waals surface area contributed by atoms with Gasteiger partial charge in [0.1, 0.15) is 0 Å². The van der Waals surface area contributed by atoms with Gasteiger partial charge in [0.05, 0.1) is 25.3 Å². The van der Waals surface area contributed by atoms with Crippen LogP contribution in [0.25, 0.3) is 11.0 Å². The van der Waals surface area contributed by atoms with Crippen LogP contribution in [0.15, 0.2) is 42.5 Å². The lowest BCUT2D eigenvalue weighted by Gasteiger charge is -2.32. The second kappa shape index (κ2) is 6.65. The standard InChI is InChI=1S/C19H15F3N4O4/c1-29-13-8-11-12(9-14(13)30-2)26-17(23-11)24-16(28)18(26,19(20,21)22)25-15(27)10-6-4-3-5-7-10/h3-9H,1-2H3,(H,25,27)(H,23,24,28). The minimum atomic E-state index is -5.19. The Morgan fingerprint density at radius 2 is 1.77 bits per heavy atom. The average Bonchev–Trinajstić information content (AvgIpc) is 3.20. The van der Waals surface area contributed by atoms with Gasteiger partial charge in [0, 0.05) is 17.7 Å². The number of anilines is 1. The van der Waals surface area contributed by atoms with Crippen LogP contribution in [0.2, 0.25) is 0 Å². The molecule has 1 unspecified atom stereocenters. The SMILES string of the molecule is COc1cc2nc3n(c2cc1OC)C(NC(=O)c1ccccc1)(C(F)(F)F)C(=O)N3. The maximum absolute atomic E-state index is 14.4. The van der Waals surface area contributed by atoms with Gasteiger partial charge < -0.3 is 14.8 Å². The summed E-state index contributed by atoms with van der Waals surface area (Å²) in [5.74, 6) is -2.52. The first-order chi connectivity index (χ1) is 14.2. The van der Waals surface area contributed by atoms with Gasteiger partial charge in [-0.1, -0.05) is 18.2 Å². The molecule has 3 aromatic rings. The molecule has 4 rings (SSSR count). The summed E-state index contributed by atoms with van der Waals surface area (Å²) in [7, 11) is 2.69. The number of carbonyl (C=O) groups is 2. The van der Waals surface area contributed by atoms with Gasteiger partial charge in [-0.15, -0.1) is 0 Å². The predicted octanol–water partition coefficient (Wildman–Crippen LogP) is 2.65. The molecule has 1 aromatic heterocycles. The van der Waals surface area contributed by atoms with Crippen molar-refractivity contribution in [3.05, 3.63) is 48.0 Å². The second-order valence-corrected chi connectivity index (χ2v) is 6.45. The molecule has 0 saturated carbocycles. The summed E-state index contributed by atoms with van der Waals surface area (Å²) in [4.78, 5) is 29.3. The number of halogens is 3. The van der Waals surface area contributed by atoms with Crippen LogP contribution in [-0.4, -0.2) is 41.8 Å². The van der Waals surface area contributed by atoms with Crippen LogP contribution in [0.4, 0.5) is 19.1 Å². The van der Waals surface area contributed by atoms with Crippen LogP contribution in [0, 0.1) is 0 Å². The van der Waals surface area contributed by atoms with E-state index in [9.17, 15) is 22.8 Å². The number of aromatic nitrogens is 2. The van der Waals surface area contributed by atoms with Crippen LogP contribution in [-0.2, 0) is 10.5 Å². The minimum absolute atomic E-state index is 0.0361. The number of nitrogens with zero attached hydrogens (tertiary/aromatic N) is 2. The number of amides is 2. The van der Waals surface area contributed by atoms with Crippen molar-refractivity contribution < 1.29 is 32.2 Å². The van der Waals surface area contributed by atoms with E-state index in [1.807, 2.05) is 5.32 Å². The molecule has 2 aromatic carbocycles. The molecule has 1 aliphatic rings. The Labute approximate surface area is 167 Å². The number of hydrogen-bond donors (Lipinski definition) is 2. The first-order valence-electron chi connectivity index (χ1n) is 8.63. The Bertz CT molecular complexity index is 1160. The normalized spacial score (nSPS) is 18.1. The third-order valence-corrected chi connectivity index (χ3v) is 4.79. The number of ether oxygens (including phenoxy) is 2. The highest BCUT2D eigenvalue weighted by Gasteiger charge is 2.67. The quantitative estimate of drug-likeness (QED) is 0.677. The van der Waals surface area contributed by atoms with Crippen molar-refractivity contribution in [3.63, 3.8) is 0 Å². The van der Waals surface area contributed by atoms with Crippen LogP contribution < -0.4 is 20.1 Å². The van der Waals surface area contributed by atoms with Gasteiger partial charge in [-0.25, -0.2) is 4.98 Å². The second-order valence-electron chi connectivity index (χ2n) is 6.45. The number of rotatable bonds is 4. The van der Waals surface area contributed by atoms with E-state index in [2.05, 4.69) is 10.3 Å². The number of imidazole rings is 1. The molecule has 2 N–H and O–H groups in total. The molecule has 0 fully saturated rings. The number of alkyl halides is 3. The van der Waals surface area contributed by atoms with Gasteiger partial charge >= 0.3 is 6.18 Å². The lowest BCUT2D eigenvalue weighted by Crippen LogP contribution is -2.63. The molecule has 8 nitrogen and oxygen atoms in total. The fraction of sp³-hybridized carbons (Fsp3) is 0.211. The van der Waals surface area contributed by atoms with Gasteiger partial charge in [0.2, 0.25) is 5.95 Å². The Morgan fingerprint density at radius 1 is 1.13 bits per heavy atom. The van der Waals surface area contributed by atoms with E-state index in [0.717, 1.165) is 0 Å². The highest BCUT2D eigenvalue weighted by Crippen LogP contribution is 2.45. The Balaban J connectivity index is 1.95. The third-order valence-electron chi connectivity index (χ3n) is 4.79. The fourth-order valence-electron chi connectivity index (χ4n) is 3.39. The molecule has 156 valence electrons. The topological polar surface area (TPSA) is 94.5 Å². The zero-order valence-corrected chi connectivity index (χ0v) is 15.7. The number of fused-ring (bicyclic) bond motifs is 3. The highest BCUT2D eigenvalue weighted by atomic mass is 19.4. The molecule has 0 saturated heterocycles. The molecule has 11 heteroatoms. The largest absolute Gasteiger partial charge is 0.493 e. The third kappa shape index (κ3) is 2.65. The Kier molecular flexibility index (Phi) is 4.33. The molecule has 0 radical (unpaired) electrons. The summed E-state index contributed by atoms with van der Waals surface area (Å²) in [5, 5.41) is 3.99. The number of carbonyl (C=O) groups excluding carboxylic acids is 2. The van der Waals surface area contributed by atoms with Crippen molar-refractivity contribution in [3.8, 4) is 11.5 Å². The van der Waals surface area contributed by atoms with Crippen molar-refractivity contribution in [2.75, 3.05) is 19.5 Å². The van der Waals surface area contributed by atoms with Crippen LogP contribution in [0.1, 0.15) is 10.4 Å². The Hall–Kier alpha value is -3.76. The van der Waals surface area contributed by atoms with Crippen molar-refractivity contribution in [1.29, 1.82) is 0 Å². The summed E-state index contributed by atoms with van der Waals surface area (Å²) >= 11 is 0. The van der Waals surface area contributed by atoms with E-state index in [0.29, 0.717) is 4.57 Å². The van der Waals surface area contributed by atoms with Crippen molar-refractivity contribution >= 4 is 28.8 Å². The van der Waals surface area contributed by atoms with Crippen molar-refractivity contribution in [2.24, 2.45) is 0 Å². The molecule has 1 atom stereocenters. The fourth-order valence-corrected chi connectivity index (χ4v) is 3.39. The lowest BCUT2D eigenvalue weighted by molar-refractivity contribution is -0.213. The summed E-state index contributed by atoms with van der Waals surface area (Å²) in [5.41, 5.74) is -3.40. The van der Waals surface area contributed by atoms with E-state index < -0.39 is 23.7 Å². The molecule has 0 spiro atoms. The van der Waals surface area contributed by atoms with Crippen LogP contribution >= 0.6 is 0 Å². The van der Waals surface area contributed by atoms with Gasteiger partial charge in [-0.2, -0.15) is 13.2 Å². The predicted molar refractivity (Wildman–Crippen MR) is 99.4 cm³/mol. The smallest absolute Gasteiger partial charge is 0.440 e. The van der Waals surface area contributed by atoms with E-state index >= 15 is 0 Å². The average molecular weight is 420 g/mol. The van der Waals surface area contributed by atoms with E-state index in [-0.39, 0.29) is 34.0 Å². The lowest BCUT2D eigenvalue weighted by atomic mass is 10.1. The zero-order valence-electron chi connectivity index (χ0n) is 15.7. The number of benzene rings is 2. The minimum Gasteiger partial charge on any atom is -0.493 e. The highest BCUT2D eigenvalue weighted by molar-refractivity contribution is 6.07. The van der Waals surface area contributed by atoms with Gasteiger partial charge in [0.25, 0.3) is 17.5 Å². The van der Waals surface area contributed by atoms with Crippen molar-refractivity contribution in [1.82, 2.24) is 14.9 Å². The first kappa shape index (κ1) is 19.6. The molecule has 30 heavy (non-hydrogen) atoms. The number of nitrogens with one attached hydrogen (secondary N) is 2. The van der Waals surface area contributed by atoms with Crippen molar-refractivity contribution in [2.45, 2.75) is 11.8 Å². The molecule has 0 bridgehead atoms. The van der Waals surface area contributed by atoms with Crippen LogP contribution in [0.5, 0.6) is 11.5 Å². The molecular weight excluding hydrogens is 405 g/mol. The molecule has 2 heterocycles. The summed E-state index contributed by atoms with van der Waals surface area (Å²) in [6, 6.07) is 9.93.